The summed E-state index contributed by atoms with van der Waals surface area (Å²) in [6.45, 7) is 4.47. The van der Waals surface area contributed by atoms with Gasteiger partial charge in [-0.05, 0) is 62.4 Å². The Kier molecular flexibility index (Phi) is 7.30. The molecule has 0 spiro atoms. The van der Waals surface area contributed by atoms with Gasteiger partial charge in [-0.25, -0.2) is 5.43 Å². The summed E-state index contributed by atoms with van der Waals surface area (Å²) in [7, 11) is 1.58. The van der Waals surface area contributed by atoms with Crippen molar-refractivity contribution in [3.8, 4) is 11.5 Å². The van der Waals surface area contributed by atoms with Gasteiger partial charge in [0, 0.05) is 39.7 Å². The highest BCUT2D eigenvalue weighted by atomic mass is 16.5. The number of nitrogens with one attached hydrogen (secondary N) is 2. The van der Waals surface area contributed by atoms with Crippen LogP contribution in [0, 0.1) is 0 Å². The van der Waals surface area contributed by atoms with Crippen LogP contribution in [0.4, 0.5) is 5.69 Å². The number of rotatable bonds is 9. The Bertz CT molecular complexity index is 1390. The third-order valence-electron chi connectivity index (χ3n) is 5.59. The fraction of sp³-hybridized carbons (Fsp3) is 0.222. The van der Waals surface area contributed by atoms with Crippen LogP contribution in [0.5, 0.6) is 11.5 Å². The number of methoxy groups -OCH3 is 1. The number of amides is 2. The fourth-order valence-electron chi connectivity index (χ4n) is 3.96. The molecule has 35 heavy (non-hydrogen) atoms. The van der Waals surface area contributed by atoms with Crippen LogP contribution in [0.15, 0.2) is 71.8 Å². The van der Waals surface area contributed by atoms with Gasteiger partial charge in [0.2, 0.25) is 5.91 Å². The molecule has 8 nitrogen and oxygen atoms in total. The number of carbonyl (C=O) groups is 2. The zero-order valence-corrected chi connectivity index (χ0v) is 20.0. The molecule has 3 aromatic carbocycles. The Morgan fingerprint density at radius 1 is 0.914 bits per heavy atom. The van der Waals surface area contributed by atoms with Crippen LogP contribution < -0.4 is 20.2 Å². The van der Waals surface area contributed by atoms with E-state index in [1.165, 1.54) is 5.52 Å². The van der Waals surface area contributed by atoms with Crippen LogP contribution in [0.2, 0.25) is 0 Å². The molecule has 1 aromatic heterocycles. The smallest absolute Gasteiger partial charge is 0.277 e. The Balaban J connectivity index is 1.32. The van der Waals surface area contributed by atoms with Crippen LogP contribution in [-0.2, 0) is 16.1 Å². The normalized spacial score (nSPS) is 11.5. The first-order valence-electron chi connectivity index (χ1n) is 11.4. The van der Waals surface area contributed by atoms with Gasteiger partial charge in [-0.1, -0.05) is 18.2 Å². The van der Waals surface area contributed by atoms with Gasteiger partial charge >= 0.3 is 0 Å². The van der Waals surface area contributed by atoms with E-state index in [0.717, 1.165) is 22.8 Å². The molecule has 0 saturated heterocycles. The van der Waals surface area contributed by atoms with Gasteiger partial charge in [0.15, 0.2) is 6.61 Å². The highest BCUT2D eigenvalue weighted by molar-refractivity contribution is 6.11. The van der Waals surface area contributed by atoms with Crippen LogP contribution in [0.3, 0.4) is 0 Å². The molecule has 0 bridgehead atoms. The summed E-state index contributed by atoms with van der Waals surface area (Å²) in [4.78, 5) is 24.6. The maximum absolute atomic E-state index is 12.5. The van der Waals surface area contributed by atoms with Gasteiger partial charge in [-0.2, -0.15) is 5.10 Å². The average molecular weight is 473 g/mol. The minimum Gasteiger partial charge on any atom is -0.497 e. The lowest BCUT2D eigenvalue weighted by Crippen LogP contribution is -2.26. The number of para-hydroxylation sites is 1. The van der Waals surface area contributed by atoms with Crippen molar-refractivity contribution in [3.63, 3.8) is 0 Å². The van der Waals surface area contributed by atoms with Crippen molar-refractivity contribution in [2.75, 3.05) is 19.0 Å². The zero-order valence-electron chi connectivity index (χ0n) is 20.0. The van der Waals surface area contributed by atoms with E-state index in [1.54, 1.807) is 38.3 Å². The summed E-state index contributed by atoms with van der Waals surface area (Å²) < 4.78 is 12.8. The molecule has 0 atom stereocenters. The largest absolute Gasteiger partial charge is 0.497 e. The predicted octanol–water partition coefficient (Wildman–Crippen LogP) is 4.72. The lowest BCUT2D eigenvalue weighted by atomic mass is 10.1. The fourth-order valence-corrected chi connectivity index (χ4v) is 3.96. The van der Waals surface area contributed by atoms with E-state index in [9.17, 15) is 9.59 Å². The van der Waals surface area contributed by atoms with Crippen LogP contribution >= 0.6 is 0 Å². The minimum atomic E-state index is -0.418. The maximum atomic E-state index is 12.5. The first-order valence-corrected chi connectivity index (χ1v) is 11.4. The van der Waals surface area contributed by atoms with Gasteiger partial charge < -0.3 is 19.4 Å². The molecule has 0 aliphatic heterocycles. The van der Waals surface area contributed by atoms with Crippen molar-refractivity contribution in [2.45, 2.75) is 26.8 Å². The molecule has 0 aliphatic carbocycles. The molecular weight excluding hydrogens is 444 g/mol. The number of hydrazone groups is 1. The van der Waals surface area contributed by atoms with Crippen LogP contribution in [0.1, 0.15) is 20.3 Å². The van der Waals surface area contributed by atoms with Crippen molar-refractivity contribution in [3.05, 3.63) is 66.7 Å². The number of aromatic nitrogens is 1. The number of aryl methyl sites for hydroxylation is 1. The highest BCUT2D eigenvalue weighted by Crippen LogP contribution is 2.31. The molecule has 1 heterocycles. The molecule has 4 aromatic rings. The third kappa shape index (κ3) is 5.60. The van der Waals surface area contributed by atoms with E-state index in [2.05, 4.69) is 39.5 Å². The van der Waals surface area contributed by atoms with Gasteiger partial charge in [0.05, 0.1) is 13.5 Å². The average Bonchev–Trinajstić information content (AvgIpc) is 3.19. The molecule has 180 valence electrons. The number of carbonyl (C=O) groups excluding carboxylic acids is 2. The summed E-state index contributed by atoms with van der Waals surface area (Å²) in [6.07, 6.45) is 0.0500. The summed E-state index contributed by atoms with van der Waals surface area (Å²) in [5, 5.41) is 9.17. The zero-order chi connectivity index (χ0) is 24.8. The number of hydrogen-bond acceptors (Lipinski definition) is 5. The summed E-state index contributed by atoms with van der Waals surface area (Å²) in [6, 6.07) is 21.1. The highest BCUT2D eigenvalue weighted by Gasteiger charge is 2.11. The molecule has 2 N–H and O–H groups in total. The van der Waals surface area contributed by atoms with Gasteiger partial charge in [-0.3, -0.25) is 9.59 Å². The molecule has 0 fully saturated rings. The Labute approximate surface area is 203 Å². The Morgan fingerprint density at radius 2 is 1.63 bits per heavy atom. The molecule has 0 aliphatic rings. The molecule has 2 amide bonds. The minimum absolute atomic E-state index is 0.0500. The first-order chi connectivity index (χ1) is 17.0. The second-order valence-corrected chi connectivity index (χ2v) is 8.06. The SMILES string of the molecule is CCn1c2ccccc2c2cc(NC(=O)C/C(C)=N\NC(=O)COc3ccc(OC)cc3)ccc21. The van der Waals surface area contributed by atoms with Crippen molar-refractivity contribution in [2.24, 2.45) is 5.10 Å². The molecule has 8 heteroatoms. The number of benzene rings is 3. The van der Waals surface area contributed by atoms with E-state index in [4.69, 9.17) is 9.47 Å². The number of ether oxygens (including phenoxy) is 2. The first kappa shape index (κ1) is 23.8. The van der Waals surface area contributed by atoms with Crippen molar-refractivity contribution >= 4 is 45.0 Å². The van der Waals surface area contributed by atoms with E-state index in [0.29, 0.717) is 22.9 Å². The molecule has 0 unspecified atom stereocenters. The maximum Gasteiger partial charge on any atom is 0.277 e. The summed E-state index contributed by atoms with van der Waals surface area (Å²) in [5.41, 5.74) is 5.90. The Hall–Kier alpha value is -4.33. The van der Waals surface area contributed by atoms with E-state index >= 15 is 0 Å². The quantitative estimate of drug-likeness (QED) is 0.272. The number of anilines is 1. The molecule has 0 saturated carbocycles. The van der Waals surface area contributed by atoms with E-state index < -0.39 is 5.91 Å². The van der Waals surface area contributed by atoms with Crippen molar-refractivity contribution in [1.29, 1.82) is 0 Å². The molecular formula is C27H28N4O4. The Morgan fingerprint density at radius 3 is 2.37 bits per heavy atom. The summed E-state index contributed by atoms with van der Waals surface area (Å²) in [5.74, 6) is 0.611. The van der Waals surface area contributed by atoms with Crippen LogP contribution in [0.25, 0.3) is 21.8 Å². The number of hydrogen-bond donors (Lipinski definition) is 2. The topological polar surface area (TPSA) is 94.0 Å². The number of fused-ring (bicyclic) bond motifs is 3. The van der Waals surface area contributed by atoms with Crippen molar-refractivity contribution < 1.29 is 19.1 Å². The monoisotopic (exact) mass is 472 g/mol. The standard InChI is InChI=1S/C27H28N4O4/c1-4-31-24-8-6-5-7-22(24)23-16-19(9-14-25(23)31)28-26(32)15-18(2)29-30-27(33)17-35-21-12-10-20(34-3)11-13-21/h5-14,16H,4,15,17H2,1-3H3,(H,28,32)(H,30,33)/b29-18-. The van der Waals surface area contributed by atoms with Gasteiger partial charge in [0.25, 0.3) is 5.91 Å². The van der Waals surface area contributed by atoms with Crippen molar-refractivity contribution in [1.82, 2.24) is 9.99 Å². The van der Waals surface area contributed by atoms with E-state index in [1.807, 2.05) is 30.3 Å². The van der Waals surface area contributed by atoms with Gasteiger partial charge in [-0.15, -0.1) is 0 Å². The van der Waals surface area contributed by atoms with Gasteiger partial charge in [0.1, 0.15) is 11.5 Å². The molecule has 4 rings (SSSR count). The lowest BCUT2D eigenvalue weighted by Gasteiger charge is -2.08. The second kappa shape index (κ2) is 10.7. The summed E-state index contributed by atoms with van der Waals surface area (Å²) >= 11 is 0. The lowest BCUT2D eigenvalue weighted by molar-refractivity contribution is -0.123. The third-order valence-corrected chi connectivity index (χ3v) is 5.59. The van der Waals surface area contributed by atoms with E-state index in [-0.39, 0.29) is 18.9 Å². The van der Waals surface area contributed by atoms with Crippen LogP contribution in [-0.4, -0.2) is 35.8 Å². The molecule has 0 radical (unpaired) electrons. The second-order valence-electron chi connectivity index (χ2n) is 8.06. The predicted molar refractivity (Wildman–Crippen MR) is 138 cm³/mol. The number of nitrogens with zero attached hydrogens (tertiary/aromatic N) is 2.